The first kappa shape index (κ1) is 44.5. The lowest BCUT2D eigenvalue weighted by Gasteiger charge is -2.31. The van der Waals surface area contributed by atoms with Gasteiger partial charge in [0.25, 0.3) is 0 Å². The van der Waals surface area contributed by atoms with Gasteiger partial charge >= 0.3 is 7.82 Å². The predicted octanol–water partition coefficient (Wildman–Crippen LogP) is 6.63. The maximum atomic E-state index is 14.1. The zero-order chi connectivity index (χ0) is 39.7. The van der Waals surface area contributed by atoms with Gasteiger partial charge in [-0.05, 0) is 36.6 Å². The highest BCUT2D eigenvalue weighted by Crippen LogP contribution is 2.47. The van der Waals surface area contributed by atoms with Crippen molar-refractivity contribution in [2.24, 2.45) is 15.8 Å². The van der Waals surface area contributed by atoms with E-state index >= 15 is 0 Å². The van der Waals surface area contributed by atoms with E-state index < -0.39 is 56.3 Å². The molecule has 3 aliphatic heterocycles. The van der Waals surface area contributed by atoms with Crippen molar-refractivity contribution in [2.75, 3.05) is 13.2 Å². The van der Waals surface area contributed by atoms with E-state index in [1.165, 1.54) is 94.1 Å². The number of aliphatic hydroxyl groups excluding tert-OH is 2. The van der Waals surface area contributed by atoms with Crippen molar-refractivity contribution >= 4 is 20.0 Å². The highest BCUT2D eigenvalue weighted by Gasteiger charge is 2.59. The summed E-state index contributed by atoms with van der Waals surface area (Å²) in [6.45, 7) is 0.913. The molecule has 0 radical (unpaired) electrons. The molecule has 0 bridgehead atoms. The zero-order valence-corrected chi connectivity index (χ0v) is 32.8. The lowest BCUT2D eigenvalue weighted by atomic mass is 9.94. The maximum Gasteiger partial charge on any atom is 0.472 e. The second-order valence-electron chi connectivity index (χ2n) is 14.7. The van der Waals surface area contributed by atoms with Crippen molar-refractivity contribution in [3.8, 4) is 12.1 Å². The second-order valence-corrected chi connectivity index (χ2v) is 16.1. The first-order valence-corrected chi connectivity index (χ1v) is 21.3. The third kappa shape index (κ3) is 13.4. The summed E-state index contributed by atoms with van der Waals surface area (Å²) in [4.78, 5) is 14.6. The van der Waals surface area contributed by atoms with E-state index in [2.05, 4.69) is 17.0 Å². The average Bonchev–Trinajstić information content (AvgIpc) is 3.71. The molecule has 55 heavy (non-hydrogen) atoms. The SMILES string of the molecule is CCCCCCCCCCCCCCCCCC(COP(=O)(O)OC[C@@]1(C#N)O[C@@H](C2CC=C3C(N)=NC=NN32)[C@H](O)[C@@H]1O)OCc1cc(F)cc(C#N)c1. The Morgan fingerprint density at radius 1 is 1.02 bits per heavy atom. The minimum atomic E-state index is -4.85. The summed E-state index contributed by atoms with van der Waals surface area (Å²) in [5, 5.41) is 46.8. The molecule has 1 aromatic rings. The number of fused-ring (bicyclic) bond motifs is 1. The number of amidine groups is 1. The van der Waals surface area contributed by atoms with Crippen molar-refractivity contribution in [3.05, 3.63) is 46.9 Å². The number of aliphatic imine (C=N–C) groups is 1. The molecule has 1 fully saturated rings. The van der Waals surface area contributed by atoms with Crippen LogP contribution in [0.3, 0.4) is 0 Å². The van der Waals surface area contributed by atoms with Crippen molar-refractivity contribution in [2.45, 2.75) is 159 Å². The van der Waals surface area contributed by atoms with E-state index in [0.29, 0.717) is 24.1 Å². The minimum Gasteiger partial charge on any atom is -0.387 e. The van der Waals surface area contributed by atoms with Crippen LogP contribution in [0.25, 0.3) is 0 Å². The summed E-state index contributed by atoms with van der Waals surface area (Å²) in [5.41, 5.74) is 4.80. The average molecular weight is 789 g/mol. The Labute approximate surface area is 324 Å². The summed E-state index contributed by atoms with van der Waals surface area (Å²) in [6, 6.07) is 6.96. The molecule has 304 valence electrons. The highest BCUT2D eigenvalue weighted by atomic mass is 31.2. The summed E-state index contributed by atoms with van der Waals surface area (Å²) in [5.74, 6) is -0.369. The lowest BCUT2D eigenvalue weighted by Crippen LogP contribution is -2.46. The van der Waals surface area contributed by atoms with Crippen LogP contribution in [0, 0.1) is 28.5 Å². The van der Waals surface area contributed by atoms with Crippen LogP contribution in [0.5, 0.6) is 0 Å². The van der Waals surface area contributed by atoms with E-state index in [9.17, 15) is 34.6 Å². The lowest BCUT2D eigenvalue weighted by molar-refractivity contribution is -0.0882. The number of hydrogen-bond acceptors (Lipinski definition) is 13. The number of nitriles is 2. The Kier molecular flexibility index (Phi) is 18.2. The van der Waals surface area contributed by atoms with Crippen LogP contribution < -0.4 is 5.73 Å². The molecule has 1 saturated heterocycles. The van der Waals surface area contributed by atoms with Crippen LogP contribution in [0.4, 0.5) is 4.39 Å². The number of phosphoric ester groups is 1. The number of ether oxygens (including phenoxy) is 2. The van der Waals surface area contributed by atoms with Crippen molar-refractivity contribution in [3.63, 3.8) is 0 Å². The number of hydrazone groups is 1. The smallest absolute Gasteiger partial charge is 0.387 e. The summed E-state index contributed by atoms with van der Waals surface area (Å²) in [6.07, 6.45) is 16.7. The third-order valence-electron chi connectivity index (χ3n) is 10.4. The molecule has 3 aliphatic rings. The topological polar surface area (TPSA) is 216 Å². The molecule has 0 saturated carbocycles. The van der Waals surface area contributed by atoms with Crippen LogP contribution in [-0.2, 0) is 29.7 Å². The molecule has 14 nitrogen and oxygen atoms in total. The molecule has 3 heterocycles. The largest absolute Gasteiger partial charge is 0.472 e. The quantitative estimate of drug-likeness (QED) is 0.0575. The van der Waals surface area contributed by atoms with Crippen LogP contribution in [0.2, 0.25) is 0 Å². The molecule has 5 N–H and O–H groups in total. The third-order valence-corrected chi connectivity index (χ3v) is 11.3. The fraction of sp³-hybridized carbons (Fsp3) is 0.692. The predicted molar refractivity (Wildman–Crippen MR) is 205 cm³/mol. The summed E-state index contributed by atoms with van der Waals surface area (Å²) in [7, 11) is -4.85. The molecule has 0 amide bonds. The molecule has 1 aromatic carbocycles. The van der Waals surface area contributed by atoms with Gasteiger partial charge in [0.05, 0.1) is 42.7 Å². The van der Waals surface area contributed by atoms with Gasteiger partial charge < -0.3 is 30.3 Å². The standard InChI is InChI=1S/C39H58FN6O8P/c1-2-3-4-5-6-7-8-9-10-11-12-13-14-15-16-17-32(51-24-30-20-29(23-41)21-31(40)22-30)25-52-55(49,50)53-27-39(26-42)37(48)35(47)36(54-39)33-18-19-34-38(43)44-28-45-46(33)34/h19-22,28,32-33,35-37,47-48H,2-18,24-25,27H2,1H3,(H,49,50)(H2,43,44,45)/t32?,33?,35-,36-,37-,39+/m0/s1. The number of hydrogen-bond donors (Lipinski definition) is 4. The van der Waals surface area contributed by atoms with Gasteiger partial charge in [-0.2, -0.15) is 15.6 Å². The molecule has 0 spiro atoms. The molecule has 0 aliphatic carbocycles. The van der Waals surface area contributed by atoms with Gasteiger partial charge in [0, 0.05) is 0 Å². The highest BCUT2D eigenvalue weighted by molar-refractivity contribution is 7.47. The van der Waals surface area contributed by atoms with E-state index in [-0.39, 0.29) is 24.6 Å². The normalized spacial score (nSPS) is 24.8. The van der Waals surface area contributed by atoms with E-state index in [1.807, 2.05) is 12.1 Å². The molecule has 7 atom stereocenters. The fourth-order valence-corrected chi connectivity index (χ4v) is 7.99. The molecule has 4 rings (SSSR count). The Morgan fingerprint density at radius 3 is 2.27 bits per heavy atom. The molecule has 0 aromatic heterocycles. The molecular weight excluding hydrogens is 730 g/mol. The van der Waals surface area contributed by atoms with Crippen molar-refractivity contribution < 1.29 is 42.6 Å². The number of rotatable bonds is 26. The van der Waals surface area contributed by atoms with Crippen LogP contribution >= 0.6 is 7.82 Å². The Bertz CT molecular complexity index is 1600. The number of halogens is 1. The number of benzene rings is 1. The van der Waals surface area contributed by atoms with Gasteiger partial charge in [-0.1, -0.05) is 109 Å². The number of aliphatic hydroxyl groups is 2. The molecule has 16 heteroatoms. The number of unbranched alkanes of at least 4 members (excludes halogenated alkanes) is 14. The molecular formula is C39H58FN6O8P. The van der Waals surface area contributed by atoms with E-state index in [1.54, 1.807) is 6.08 Å². The Balaban J connectivity index is 1.24. The summed E-state index contributed by atoms with van der Waals surface area (Å²) >= 11 is 0. The van der Waals surface area contributed by atoms with Gasteiger partial charge in [-0.3, -0.25) is 14.1 Å². The van der Waals surface area contributed by atoms with Crippen LogP contribution in [-0.4, -0.2) is 81.6 Å². The van der Waals surface area contributed by atoms with E-state index in [0.717, 1.165) is 31.7 Å². The fourth-order valence-electron chi connectivity index (χ4n) is 7.21. The number of phosphoric acid groups is 1. The van der Waals surface area contributed by atoms with Gasteiger partial charge in [0.2, 0.25) is 5.60 Å². The van der Waals surface area contributed by atoms with Crippen LogP contribution in [0.1, 0.15) is 127 Å². The summed E-state index contributed by atoms with van der Waals surface area (Å²) < 4.78 is 49.5. The second kappa shape index (κ2) is 22.5. The van der Waals surface area contributed by atoms with Gasteiger partial charge in [-0.25, -0.2) is 13.9 Å². The Morgan fingerprint density at radius 2 is 1.65 bits per heavy atom. The van der Waals surface area contributed by atoms with Crippen molar-refractivity contribution in [1.29, 1.82) is 10.5 Å². The van der Waals surface area contributed by atoms with E-state index in [4.69, 9.17) is 24.3 Å². The first-order chi connectivity index (χ1) is 26.5. The molecule has 3 unspecified atom stereocenters. The van der Waals surface area contributed by atoms with Crippen LogP contribution in [0.15, 0.2) is 40.1 Å². The minimum absolute atomic E-state index is 0.0665. The van der Waals surface area contributed by atoms with Gasteiger partial charge in [0.15, 0.2) is 5.84 Å². The van der Waals surface area contributed by atoms with Gasteiger partial charge in [-0.15, -0.1) is 0 Å². The monoisotopic (exact) mass is 788 g/mol. The van der Waals surface area contributed by atoms with Gasteiger partial charge in [0.1, 0.15) is 43.1 Å². The maximum absolute atomic E-state index is 14.1. The zero-order valence-electron chi connectivity index (χ0n) is 31.9. The van der Waals surface area contributed by atoms with Crippen molar-refractivity contribution in [1.82, 2.24) is 5.01 Å². The number of nitrogens with two attached hydrogens (primary N) is 1. The first-order valence-electron chi connectivity index (χ1n) is 19.8. The number of nitrogens with zero attached hydrogens (tertiary/aromatic N) is 5. The Hall–Kier alpha value is -3.24.